The highest BCUT2D eigenvalue weighted by Gasteiger charge is 2.19. The van der Waals surface area contributed by atoms with Crippen molar-refractivity contribution in [1.29, 1.82) is 0 Å². The van der Waals surface area contributed by atoms with Crippen molar-refractivity contribution < 1.29 is 10.2 Å². The smallest absolute Gasteiger partial charge is 0.0894 e. The molecule has 0 aromatic rings. The van der Waals surface area contributed by atoms with Crippen LogP contribution in [0.15, 0.2) is 0 Å². The van der Waals surface area contributed by atoms with Crippen molar-refractivity contribution in [2.24, 2.45) is 5.92 Å². The van der Waals surface area contributed by atoms with Gasteiger partial charge in [-0.25, -0.2) is 0 Å². The number of aliphatic hydroxyl groups is 2. The molecule has 0 aromatic carbocycles. The lowest BCUT2D eigenvalue weighted by Gasteiger charge is -2.07. The Labute approximate surface area is 67.4 Å². The van der Waals surface area contributed by atoms with Crippen LogP contribution in [-0.2, 0) is 0 Å². The van der Waals surface area contributed by atoms with Gasteiger partial charge in [0.15, 0.2) is 0 Å². The number of hydrogen-bond acceptors (Lipinski definition) is 3. The first-order chi connectivity index (χ1) is 5.33. The van der Waals surface area contributed by atoms with Gasteiger partial charge in [-0.1, -0.05) is 12.8 Å². The molecule has 3 N–H and O–H groups in total. The largest absolute Gasteiger partial charge is 0.394 e. The number of aliphatic hydroxyl groups excluding tert-OH is 2. The molecule has 0 aliphatic heterocycles. The van der Waals surface area contributed by atoms with E-state index in [-0.39, 0.29) is 6.61 Å². The second-order valence-corrected chi connectivity index (χ2v) is 3.27. The molecule has 1 rings (SSSR count). The van der Waals surface area contributed by atoms with Crippen LogP contribution in [0.1, 0.15) is 19.3 Å². The van der Waals surface area contributed by atoms with Crippen LogP contribution in [0.4, 0.5) is 0 Å². The Balaban J connectivity index is 1.79. The van der Waals surface area contributed by atoms with Gasteiger partial charge in [-0.05, 0) is 18.9 Å². The predicted octanol–water partition coefficient (Wildman–Crippen LogP) is -0.271. The van der Waals surface area contributed by atoms with Gasteiger partial charge in [0.1, 0.15) is 0 Å². The lowest BCUT2D eigenvalue weighted by atomic mass is 10.3. The van der Waals surface area contributed by atoms with Gasteiger partial charge in [-0.15, -0.1) is 0 Å². The third-order valence-corrected chi connectivity index (χ3v) is 2.02. The minimum atomic E-state index is -0.589. The minimum Gasteiger partial charge on any atom is -0.394 e. The molecule has 1 atom stereocenters. The SMILES string of the molecule is OCC(O)CNCCC1CC1. The van der Waals surface area contributed by atoms with Crippen LogP contribution in [-0.4, -0.2) is 36.0 Å². The summed E-state index contributed by atoms with van der Waals surface area (Å²) in [6.45, 7) is 1.35. The first-order valence-corrected chi connectivity index (χ1v) is 4.32. The summed E-state index contributed by atoms with van der Waals surface area (Å²) < 4.78 is 0. The van der Waals surface area contributed by atoms with Gasteiger partial charge in [0, 0.05) is 6.54 Å². The number of hydrogen-bond donors (Lipinski definition) is 3. The molecule has 3 heteroatoms. The van der Waals surface area contributed by atoms with E-state index in [0.29, 0.717) is 6.54 Å². The van der Waals surface area contributed by atoms with E-state index in [9.17, 15) is 0 Å². The molecule has 3 nitrogen and oxygen atoms in total. The summed E-state index contributed by atoms with van der Waals surface area (Å²) in [6, 6.07) is 0. The third-order valence-electron chi connectivity index (χ3n) is 2.02. The van der Waals surface area contributed by atoms with Crippen LogP contribution >= 0.6 is 0 Å². The second-order valence-electron chi connectivity index (χ2n) is 3.27. The lowest BCUT2D eigenvalue weighted by Crippen LogP contribution is -2.30. The maximum atomic E-state index is 8.93. The highest BCUT2D eigenvalue weighted by molar-refractivity contribution is 4.73. The molecule has 1 saturated carbocycles. The van der Waals surface area contributed by atoms with Crippen LogP contribution < -0.4 is 5.32 Å². The summed E-state index contributed by atoms with van der Waals surface area (Å²) in [5.41, 5.74) is 0. The Hall–Kier alpha value is -0.120. The topological polar surface area (TPSA) is 52.5 Å². The van der Waals surface area contributed by atoms with E-state index in [0.717, 1.165) is 12.5 Å². The van der Waals surface area contributed by atoms with Crippen molar-refractivity contribution in [3.05, 3.63) is 0 Å². The summed E-state index contributed by atoms with van der Waals surface area (Å²) in [4.78, 5) is 0. The average Bonchev–Trinajstić information content (AvgIpc) is 2.81. The molecule has 1 aliphatic carbocycles. The number of nitrogens with one attached hydrogen (secondary N) is 1. The summed E-state index contributed by atoms with van der Waals surface area (Å²) in [5, 5.41) is 20.5. The molecule has 1 aliphatic rings. The Morgan fingerprint density at radius 3 is 2.73 bits per heavy atom. The van der Waals surface area contributed by atoms with Gasteiger partial charge >= 0.3 is 0 Å². The highest BCUT2D eigenvalue weighted by Crippen LogP contribution is 2.31. The zero-order valence-corrected chi connectivity index (χ0v) is 6.79. The maximum absolute atomic E-state index is 8.93. The molecule has 1 unspecified atom stereocenters. The molecule has 0 spiro atoms. The Kier molecular flexibility index (Phi) is 3.83. The molecule has 0 heterocycles. The van der Waals surface area contributed by atoms with Gasteiger partial charge in [-0.3, -0.25) is 0 Å². The lowest BCUT2D eigenvalue weighted by molar-refractivity contribution is 0.0945. The normalized spacial score (nSPS) is 20.2. The van der Waals surface area contributed by atoms with E-state index < -0.39 is 6.10 Å². The van der Waals surface area contributed by atoms with Gasteiger partial charge < -0.3 is 15.5 Å². The van der Waals surface area contributed by atoms with E-state index >= 15 is 0 Å². The quantitative estimate of drug-likeness (QED) is 0.468. The molecule has 0 bridgehead atoms. The van der Waals surface area contributed by atoms with Crippen LogP contribution in [0.3, 0.4) is 0 Å². The number of rotatable bonds is 6. The molecule has 66 valence electrons. The van der Waals surface area contributed by atoms with Gasteiger partial charge in [0.25, 0.3) is 0 Å². The second kappa shape index (κ2) is 4.70. The molecule has 11 heavy (non-hydrogen) atoms. The monoisotopic (exact) mass is 159 g/mol. The summed E-state index contributed by atoms with van der Waals surface area (Å²) >= 11 is 0. The van der Waals surface area contributed by atoms with E-state index in [1.807, 2.05) is 0 Å². The molecule has 0 aromatic heterocycles. The molecule has 0 saturated heterocycles. The molecular weight excluding hydrogens is 142 g/mol. The summed E-state index contributed by atoms with van der Waals surface area (Å²) in [6.07, 6.45) is 3.39. The zero-order valence-electron chi connectivity index (χ0n) is 6.79. The molecule has 0 radical (unpaired) electrons. The fourth-order valence-corrected chi connectivity index (χ4v) is 1.05. The summed E-state index contributed by atoms with van der Waals surface area (Å²) in [5.74, 6) is 0.939. The fourth-order valence-electron chi connectivity index (χ4n) is 1.05. The maximum Gasteiger partial charge on any atom is 0.0894 e. The third kappa shape index (κ3) is 4.35. The first kappa shape index (κ1) is 8.97. The molecular formula is C8H17NO2. The van der Waals surface area contributed by atoms with E-state index in [1.165, 1.54) is 19.3 Å². The highest BCUT2D eigenvalue weighted by atomic mass is 16.3. The summed E-state index contributed by atoms with van der Waals surface area (Å²) in [7, 11) is 0. The fraction of sp³-hybridized carbons (Fsp3) is 1.00. The molecule has 1 fully saturated rings. The Bertz CT molecular complexity index is 104. The van der Waals surface area contributed by atoms with Crippen molar-refractivity contribution in [3.8, 4) is 0 Å². The first-order valence-electron chi connectivity index (χ1n) is 4.32. The minimum absolute atomic E-state index is 0.142. The van der Waals surface area contributed by atoms with E-state index in [2.05, 4.69) is 5.32 Å². The van der Waals surface area contributed by atoms with Crippen LogP contribution in [0.5, 0.6) is 0 Å². The van der Waals surface area contributed by atoms with Crippen molar-refractivity contribution in [1.82, 2.24) is 5.32 Å². The van der Waals surface area contributed by atoms with Crippen LogP contribution in [0, 0.1) is 5.92 Å². The van der Waals surface area contributed by atoms with Crippen molar-refractivity contribution in [2.75, 3.05) is 19.7 Å². The van der Waals surface area contributed by atoms with Crippen LogP contribution in [0.25, 0.3) is 0 Å². The standard InChI is InChI=1S/C8H17NO2/c10-6-8(11)5-9-4-3-7-1-2-7/h7-11H,1-6H2. The van der Waals surface area contributed by atoms with E-state index in [4.69, 9.17) is 10.2 Å². The Morgan fingerprint density at radius 1 is 1.45 bits per heavy atom. The predicted molar refractivity (Wildman–Crippen MR) is 43.3 cm³/mol. The van der Waals surface area contributed by atoms with Crippen molar-refractivity contribution >= 4 is 0 Å². The average molecular weight is 159 g/mol. The van der Waals surface area contributed by atoms with Gasteiger partial charge in [-0.2, -0.15) is 0 Å². The molecule has 0 amide bonds. The van der Waals surface area contributed by atoms with Gasteiger partial charge in [0.2, 0.25) is 0 Å². The zero-order chi connectivity index (χ0) is 8.10. The van der Waals surface area contributed by atoms with Crippen molar-refractivity contribution in [2.45, 2.75) is 25.4 Å². The van der Waals surface area contributed by atoms with Crippen molar-refractivity contribution in [3.63, 3.8) is 0 Å². The van der Waals surface area contributed by atoms with Gasteiger partial charge in [0.05, 0.1) is 12.7 Å². The van der Waals surface area contributed by atoms with Crippen LogP contribution in [0.2, 0.25) is 0 Å². The Morgan fingerprint density at radius 2 is 2.18 bits per heavy atom. The van der Waals surface area contributed by atoms with E-state index in [1.54, 1.807) is 0 Å².